The Morgan fingerprint density at radius 3 is 1.60 bits per heavy atom. The van der Waals surface area contributed by atoms with Gasteiger partial charge >= 0.3 is 6.00 Å². The van der Waals surface area contributed by atoms with E-state index < -0.39 is 14.1 Å². The van der Waals surface area contributed by atoms with Crippen LogP contribution < -0.4 is 0 Å². The highest BCUT2D eigenvalue weighted by Gasteiger charge is 2.23. The van der Waals surface area contributed by atoms with E-state index in [0.29, 0.717) is 0 Å². The lowest BCUT2D eigenvalue weighted by molar-refractivity contribution is 0.579. The minimum Gasteiger partial charge on any atom is -0.132 e. The third-order valence-electron chi connectivity index (χ3n) is 2.98. The Morgan fingerprint density at radius 1 is 0.700 bits per heavy atom. The second kappa shape index (κ2) is 11.4. The van der Waals surface area contributed by atoms with Gasteiger partial charge in [-0.15, -0.1) is 44.7 Å². The predicted octanol–water partition coefficient (Wildman–Crippen LogP) is 7.03. The molecule has 0 fully saturated rings. The molecule has 0 aromatic carbocycles. The average molecular weight is 372 g/mol. The highest BCUT2D eigenvalue weighted by molar-refractivity contribution is 7.64. The van der Waals surface area contributed by atoms with E-state index in [9.17, 15) is 0 Å². The molecule has 0 aromatic rings. The summed E-state index contributed by atoms with van der Waals surface area (Å²) in [4.78, 5) is 0. The smallest absolute Gasteiger partial charge is 0.132 e. The SMILES string of the molecule is C[Si](C)(C)C#CCCCCCCCCCC[Si](Cl)(Cl)Cl. The van der Waals surface area contributed by atoms with E-state index in [4.69, 9.17) is 33.2 Å². The zero-order chi connectivity index (χ0) is 15.5. The van der Waals surface area contributed by atoms with E-state index >= 15 is 0 Å². The Kier molecular flexibility index (Phi) is 11.9. The van der Waals surface area contributed by atoms with Crippen LogP contribution in [0.15, 0.2) is 0 Å². The van der Waals surface area contributed by atoms with Gasteiger partial charge in [-0.05, 0) is 12.5 Å². The van der Waals surface area contributed by atoms with Gasteiger partial charge in [0.25, 0.3) is 0 Å². The van der Waals surface area contributed by atoms with Crippen molar-refractivity contribution in [1.82, 2.24) is 0 Å². The average Bonchev–Trinajstić information content (AvgIpc) is 2.27. The summed E-state index contributed by atoms with van der Waals surface area (Å²) in [6, 6.07) is -1.55. The molecule has 0 spiro atoms. The van der Waals surface area contributed by atoms with Crippen LogP contribution >= 0.6 is 33.2 Å². The Labute approximate surface area is 142 Å². The largest absolute Gasteiger partial charge is 0.341 e. The van der Waals surface area contributed by atoms with Crippen molar-refractivity contribution in [3.8, 4) is 11.5 Å². The third-order valence-corrected chi connectivity index (χ3v) is 6.52. The fourth-order valence-electron chi connectivity index (χ4n) is 1.93. The summed E-state index contributed by atoms with van der Waals surface area (Å²) in [6.45, 7) is 6.89. The van der Waals surface area contributed by atoms with Crippen molar-refractivity contribution in [2.45, 2.75) is 83.5 Å². The molecule has 0 aromatic heterocycles. The van der Waals surface area contributed by atoms with Gasteiger partial charge in [-0.2, -0.15) is 0 Å². The van der Waals surface area contributed by atoms with E-state index in [-0.39, 0.29) is 0 Å². The molecule has 0 aliphatic rings. The lowest BCUT2D eigenvalue weighted by Gasteiger charge is -2.06. The lowest BCUT2D eigenvalue weighted by Crippen LogP contribution is -2.16. The summed E-state index contributed by atoms with van der Waals surface area (Å²) in [6.07, 6.45) is 11.2. The third kappa shape index (κ3) is 18.9. The first-order chi connectivity index (χ1) is 9.21. The van der Waals surface area contributed by atoms with Crippen LogP contribution in [-0.4, -0.2) is 14.1 Å². The lowest BCUT2D eigenvalue weighted by atomic mass is 10.1. The van der Waals surface area contributed by atoms with Crippen molar-refractivity contribution in [2.75, 3.05) is 0 Å². The van der Waals surface area contributed by atoms with Crippen molar-refractivity contribution < 1.29 is 0 Å². The Balaban J connectivity index is 3.23. The summed E-state index contributed by atoms with van der Waals surface area (Å²) >= 11 is 17.5. The Bertz CT molecular complexity index is 295. The van der Waals surface area contributed by atoms with E-state index in [1.807, 2.05) is 0 Å². The highest BCUT2D eigenvalue weighted by atomic mass is 35.8. The molecule has 0 bridgehead atoms. The topological polar surface area (TPSA) is 0 Å². The molecule has 0 radical (unpaired) electrons. The molecule has 0 nitrogen and oxygen atoms in total. The van der Waals surface area contributed by atoms with Crippen molar-refractivity contribution in [3.63, 3.8) is 0 Å². The van der Waals surface area contributed by atoms with Crippen LogP contribution in [-0.2, 0) is 0 Å². The van der Waals surface area contributed by atoms with Gasteiger partial charge in [-0.25, -0.2) is 0 Å². The van der Waals surface area contributed by atoms with Crippen LogP contribution in [0, 0.1) is 11.5 Å². The molecule has 0 atom stereocenters. The number of rotatable bonds is 10. The van der Waals surface area contributed by atoms with Crippen LogP contribution in [0.25, 0.3) is 0 Å². The van der Waals surface area contributed by atoms with Gasteiger partial charge < -0.3 is 0 Å². The predicted molar refractivity (Wildman–Crippen MR) is 101 cm³/mol. The van der Waals surface area contributed by atoms with Crippen molar-refractivity contribution in [3.05, 3.63) is 0 Å². The number of hydrogen-bond donors (Lipinski definition) is 0. The molecule has 0 unspecified atom stereocenters. The van der Waals surface area contributed by atoms with Gasteiger partial charge in [-0.3, -0.25) is 0 Å². The molecule has 5 heteroatoms. The van der Waals surface area contributed by atoms with Crippen molar-refractivity contribution in [2.24, 2.45) is 0 Å². The standard InChI is InChI=1S/C15H29Cl3Si2/c1-19(2,3)14-12-10-8-6-4-5-7-9-11-13-15-20(16,17)18/h4-11,13,15H2,1-3H3. The second-order valence-electron chi connectivity index (χ2n) is 6.50. The quantitative estimate of drug-likeness (QED) is 0.167. The molecule has 20 heavy (non-hydrogen) atoms. The number of hydrogen-bond acceptors (Lipinski definition) is 0. The molecule has 0 aliphatic carbocycles. The molecule has 0 N–H and O–H groups in total. The summed E-state index contributed by atoms with van der Waals surface area (Å²) in [5.41, 5.74) is 3.42. The van der Waals surface area contributed by atoms with Crippen LogP contribution in [0.3, 0.4) is 0 Å². The molecule has 0 aliphatic heterocycles. The van der Waals surface area contributed by atoms with E-state index in [0.717, 1.165) is 18.9 Å². The van der Waals surface area contributed by atoms with Gasteiger partial charge in [0.05, 0.1) is 0 Å². The van der Waals surface area contributed by atoms with Crippen LogP contribution in [0.5, 0.6) is 0 Å². The summed E-state index contributed by atoms with van der Waals surface area (Å²) in [5.74, 6) is 3.34. The van der Waals surface area contributed by atoms with E-state index in [2.05, 4.69) is 31.1 Å². The minimum atomic E-state index is -2.36. The molecular weight excluding hydrogens is 343 g/mol. The molecule has 0 rings (SSSR count). The fraction of sp³-hybridized carbons (Fsp3) is 0.867. The fourth-order valence-corrected chi connectivity index (χ4v) is 4.44. The maximum Gasteiger partial charge on any atom is 0.341 e. The van der Waals surface area contributed by atoms with Crippen LogP contribution in [0.2, 0.25) is 25.7 Å². The first kappa shape index (κ1) is 20.9. The van der Waals surface area contributed by atoms with Crippen LogP contribution in [0.1, 0.15) is 57.8 Å². The Morgan fingerprint density at radius 2 is 1.15 bits per heavy atom. The van der Waals surface area contributed by atoms with Gasteiger partial charge in [-0.1, -0.05) is 64.6 Å². The summed E-state index contributed by atoms with van der Waals surface area (Å²) < 4.78 is 0. The molecule has 0 amide bonds. The molecule has 0 saturated heterocycles. The molecule has 0 saturated carbocycles. The van der Waals surface area contributed by atoms with Crippen molar-refractivity contribution in [1.29, 1.82) is 0 Å². The normalized spacial score (nSPS) is 12.1. The summed E-state index contributed by atoms with van der Waals surface area (Å²) in [7, 11) is -1.15. The van der Waals surface area contributed by atoms with Gasteiger partial charge in [0.2, 0.25) is 0 Å². The van der Waals surface area contributed by atoms with Gasteiger partial charge in [0, 0.05) is 6.42 Å². The molecular formula is C15H29Cl3Si2. The number of halogens is 3. The highest BCUT2D eigenvalue weighted by Crippen LogP contribution is 2.27. The maximum atomic E-state index is 5.85. The molecule has 118 valence electrons. The zero-order valence-electron chi connectivity index (χ0n) is 13.2. The minimum absolute atomic E-state index is 0.813. The first-order valence-electron chi connectivity index (χ1n) is 7.77. The number of unbranched alkanes of at least 4 members (excludes halogenated alkanes) is 8. The monoisotopic (exact) mass is 370 g/mol. The first-order valence-corrected chi connectivity index (χ1v) is 16.5. The maximum absolute atomic E-state index is 5.85. The second-order valence-corrected chi connectivity index (χ2v) is 20.5. The van der Waals surface area contributed by atoms with E-state index in [1.54, 1.807) is 0 Å². The van der Waals surface area contributed by atoms with E-state index in [1.165, 1.54) is 44.9 Å². The Hall–Kier alpha value is 0.864. The van der Waals surface area contributed by atoms with Crippen molar-refractivity contribution >= 4 is 47.3 Å². The zero-order valence-corrected chi connectivity index (χ0v) is 17.5. The van der Waals surface area contributed by atoms with Gasteiger partial charge in [0.15, 0.2) is 0 Å². The van der Waals surface area contributed by atoms with Crippen LogP contribution in [0.4, 0.5) is 0 Å². The summed E-state index contributed by atoms with van der Waals surface area (Å²) in [5, 5.41) is 0. The molecule has 0 heterocycles. The van der Waals surface area contributed by atoms with Gasteiger partial charge in [0.1, 0.15) is 8.07 Å².